The molecule has 1 rings (SSSR count). The molecule has 0 aromatic heterocycles. The molecule has 86 valence electrons. The van der Waals surface area contributed by atoms with E-state index in [0.717, 1.165) is 6.42 Å². The van der Waals surface area contributed by atoms with Crippen LogP contribution in [0.5, 0.6) is 0 Å². The fraction of sp³-hybridized carbons (Fsp3) is 0.833. The molecule has 0 spiro atoms. The van der Waals surface area contributed by atoms with E-state index in [1.165, 1.54) is 19.3 Å². The third kappa shape index (κ3) is 3.65. The summed E-state index contributed by atoms with van der Waals surface area (Å²) in [6.07, 6.45) is 5.34. The van der Waals surface area contributed by atoms with Crippen molar-refractivity contribution >= 4 is 11.7 Å². The van der Waals surface area contributed by atoms with Gasteiger partial charge in [0.1, 0.15) is 5.78 Å². The van der Waals surface area contributed by atoms with Crippen molar-refractivity contribution in [3.63, 3.8) is 0 Å². The van der Waals surface area contributed by atoms with E-state index in [0.29, 0.717) is 19.0 Å². The Hall–Kier alpha value is -0.860. The zero-order valence-electron chi connectivity index (χ0n) is 9.79. The first-order valence-electron chi connectivity index (χ1n) is 5.96. The van der Waals surface area contributed by atoms with Crippen LogP contribution in [0.1, 0.15) is 52.4 Å². The number of rotatable bonds is 5. The Morgan fingerprint density at radius 3 is 2.67 bits per heavy atom. The maximum atomic E-state index is 11.6. The van der Waals surface area contributed by atoms with Gasteiger partial charge in [0.05, 0.1) is 6.42 Å². The molecule has 0 aliphatic carbocycles. The van der Waals surface area contributed by atoms with E-state index in [1.54, 1.807) is 0 Å². The van der Waals surface area contributed by atoms with Crippen molar-refractivity contribution in [2.45, 2.75) is 58.4 Å². The molecule has 1 amide bonds. The monoisotopic (exact) mass is 211 g/mol. The number of hydrogen-bond acceptors (Lipinski definition) is 2. The lowest BCUT2D eigenvalue weighted by Gasteiger charge is -2.32. The predicted octanol–water partition coefficient (Wildman–Crippen LogP) is 2.15. The molecule has 1 heterocycles. The maximum absolute atomic E-state index is 11.6. The Labute approximate surface area is 91.8 Å². The second-order valence-electron chi connectivity index (χ2n) is 4.40. The molecular formula is C12H21NO2. The molecule has 0 saturated carbocycles. The lowest BCUT2D eigenvalue weighted by molar-refractivity contribution is -0.141. The summed E-state index contributed by atoms with van der Waals surface area (Å²) in [6, 6.07) is 0.303. The quantitative estimate of drug-likeness (QED) is 0.516. The molecule has 1 unspecified atom stereocenters. The maximum Gasteiger partial charge on any atom is 0.230 e. The van der Waals surface area contributed by atoms with Crippen molar-refractivity contribution in [3.8, 4) is 0 Å². The largest absolute Gasteiger partial charge is 0.339 e. The van der Waals surface area contributed by atoms with Crippen LogP contribution in [0, 0.1) is 0 Å². The summed E-state index contributed by atoms with van der Waals surface area (Å²) >= 11 is 0. The van der Waals surface area contributed by atoms with Gasteiger partial charge < -0.3 is 4.90 Å². The zero-order chi connectivity index (χ0) is 11.3. The standard InChI is InChI=1S/C12H21NO2/c1-3-4-5-6-10(2)13-8-7-11(14)9-12(13)15/h10H,3-9H2,1-2H3. The van der Waals surface area contributed by atoms with Crippen LogP contribution in [0.15, 0.2) is 0 Å². The van der Waals surface area contributed by atoms with Gasteiger partial charge in [-0.15, -0.1) is 0 Å². The Bertz CT molecular complexity index is 238. The van der Waals surface area contributed by atoms with Gasteiger partial charge in [0.15, 0.2) is 0 Å². The van der Waals surface area contributed by atoms with E-state index in [4.69, 9.17) is 0 Å². The first-order chi connectivity index (χ1) is 7.15. The van der Waals surface area contributed by atoms with Gasteiger partial charge in [-0.2, -0.15) is 0 Å². The Balaban J connectivity index is 2.35. The van der Waals surface area contributed by atoms with Gasteiger partial charge in [-0.1, -0.05) is 26.2 Å². The highest BCUT2D eigenvalue weighted by Gasteiger charge is 2.26. The molecule has 15 heavy (non-hydrogen) atoms. The van der Waals surface area contributed by atoms with Crippen LogP contribution in [0.4, 0.5) is 0 Å². The van der Waals surface area contributed by atoms with Crippen LogP contribution in [0.2, 0.25) is 0 Å². The molecule has 3 nitrogen and oxygen atoms in total. The summed E-state index contributed by atoms with van der Waals surface area (Å²) in [5.74, 6) is 0.118. The molecule has 1 aliphatic heterocycles. The van der Waals surface area contributed by atoms with Crippen LogP contribution in [0.3, 0.4) is 0 Å². The third-order valence-electron chi connectivity index (χ3n) is 3.06. The molecule has 1 fully saturated rings. The first kappa shape index (κ1) is 12.2. The average Bonchev–Trinajstić information content (AvgIpc) is 2.17. The fourth-order valence-corrected chi connectivity index (χ4v) is 2.04. The van der Waals surface area contributed by atoms with E-state index in [9.17, 15) is 9.59 Å². The number of Topliss-reactive ketones (excluding diaryl/α,β-unsaturated/α-hetero) is 1. The third-order valence-corrected chi connectivity index (χ3v) is 3.06. The Morgan fingerprint density at radius 2 is 2.07 bits per heavy atom. The molecule has 0 radical (unpaired) electrons. The SMILES string of the molecule is CCCCCC(C)N1CCC(=O)CC1=O. The Morgan fingerprint density at radius 1 is 1.33 bits per heavy atom. The van der Waals surface area contributed by atoms with E-state index in [1.807, 2.05) is 4.90 Å². The van der Waals surface area contributed by atoms with Crippen LogP contribution < -0.4 is 0 Å². The van der Waals surface area contributed by atoms with Gasteiger partial charge in [-0.3, -0.25) is 9.59 Å². The average molecular weight is 211 g/mol. The summed E-state index contributed by atoms with van der Waals surface area (Å²) in [5, 5.41) is 0. The Kier molecular flexibility index (Phi) is 4.79. The number of carbonyl (C=O) groups excluding carboxylic acids is 2. The van der Waals surface area contributed by atoms with Crippen molar-refractivity contribution in [1.29, 1.82) is 0 Å². The van der Waals surface area contributed by atoms with Crippen molar-refractivity contribution in [1.82, 2.24) is 4.90 Å². The number of nitrogens with zero attached hydrogens (tertiary/aromatic N) is 1. The van der Waals surface area contributed by atoms with Gasteiger partial charge in [0, 0.05) is 19.0 Å². The van der Waals surface area contributed by atoms with Crippen LogP contribution in [0.25, 0.3) is 0 Å². The lowest BCUT2D eigenvalue weighted by Crippen LogP contribution is -2.44. The van der Waals surface area contributed by atoms with Crippen LogP contribution in [-0.4, -0.2) is 29.2 Å². The second kappa shape index (κ2) is 5.89. The number of hydrogen-bond donors (Lipinski definition) is 0. The minimum atomic E-state index is 0.0234. The van der Waals surface area contributed by atoms with E-state index in [-0.39, 0.29) is 18.1 Å². The number of ketones is 1. The molecule has 1 saturated heterocycles. The summed E-state index contributed by atoms with van der Waals surface area (Å²) in [4.78, 5) is 24.5. The van der Waals surface area contributed by atoms with Crippen LogP contribution >= 0.6 is 0 Å². The normalized spacial score (nSPS) is 19.5. The first-order valence-corrected chi connectivity index (χ1v) is 5.96. The number of likely N-dealkylation sites (tertiary alicyclic amines) is 1. The number of amides is 1. The lowest BCUT2D eigenvalue weighted by atomic mass is 10.0. The minimum Gasteiger partial charge on any atom is -0.339 e. The van der Waals surface area contributed by atoms with E-state index < -0.39 is 0 Å². The summed E-state index contributed by atoms with van der Waals surface area (Å²) in [7, 11) is 0. The highest BCUT2D eigenvalue weighted by molar-refractivity contribution is 6.00. The molecule has 0 bridgehead atoms. The molecule has 0 aromatic rings. The topological polar surface area (TPSA) is 37.4 Å². The molecule has 0 aromatic carbocycles. The number of unbranched alkanes of at least 4 members (excludes halogenated alkanes) is 2. The molecule has 1 aliphatic rings. The summed E-state index contributed by atoms with van der Waals surface area (Å²) < 4.78 is 0. The molecular weight excluding hydrogens is 190 g/mol. The minimum absolute atomic E-state index is 0.0234. The van der Waals surface area contributed by atoms with E-state index >= 15 is 0 Å². The summed E-state index contributed by atoms with van der Waals surface area (Å²) in [6.45, 7) is 4.89. The molecule has 3 heteroatoms. The van der Waals surface area contributed by atoms with Gasteiger partial charge in [0.25, 0.3) is 0 Å². The van der Waals surface area contributed by atoms with E-state index in [2.05, 4.69) is 13.8 Å². The fourth-order valence-electron chi connectivity index (χ4n) is 2.04. The molecule has 1 atom stereocenters. The smallest absolute Gasteiger partial charge is 0.230 e. The molecule has 0 N–H and O–H groups in total. The number of carbonyl (C=O) groups is 2. The van der Waals surface area contributed by atoms with Gasteiger partial charge >= 0.3 is 0 Å². The van der Waals surface area contributed by atoms with Crippen molar-refractivity contribution in [2.75, 3.05) is 6.54 Å². The second-order valence-corrected chi connectivity index (χ2v) is 4.40. The summed E-state index contributed by atoms with van der Waals surface area (Å²) in [5.41, 5.74) is 0. The van der Waals surface area contributed by atoms with Crippen molar-refractivity contribution in [2.24, 2.45) is 0 Å². The van der Waals surface area contributed by atoms with Crippen LogP contribution in [-0.2, 0) is 9.59 Å². The van der Waals surface area contributed by atoms with Gasteiger partial charge in [-0.25, -0.2) is 0 Å². The highest BCUT2D eigenvalue weighted by atomic mass is 16.2. The number of piperidine rings is 1. The van der Waals surface area contributed by atoms with Gasteiger partial charge in [0.2, 0.25) is 5.91 Å². The van der Waals surface area contributed by atoms with Crippen molar-refractivity contribution in [3.05, 3.63) is 0 Å². The zero-order valence-corrected chi connectivity index (χ0v) is 9.79. The highest BCUT2D eigenvalue weighted by Crippen LogP contribution is 2.15. The predicted molar refractivity (Wildman–Crippen MR) is 59.6 cm³/mol. The van der Waals surface area contributed by atoms with Crippen molar-refractivity contribution < 1.29 is 9.59 Å². The van der Waals surface area contributed by atoms with Gasteiger partial charge in [-0.05, 0) is 13.3 Å².